The lowest BCUT2D eigenvalue weighted by Gasteiger charge is -2.21. The van der Waals surface area contributed by atoms with Crippen molar-refractivity contribution in [3.8, 4) is 6.07 Å². The summed E-state index contributed by atoms with van der Waals surface area (Å²) in [4.78, 5) is 1.76. The largest absolute Gasteiger partial charge is 0.392 e. The van der Waals surface area contributed by atoms with E-state index in [0.717, 1.165) is 26.5 Å². The number of aliphatic hydroxyl groups is 1. The second kappa shape index (κ2) is 8.94. The van der Waals surface area contributed by atoms with E-state index in [-0.39, 0.29) is 24.0 Å². The molecule has 2 nitrogen and oxygen atoms in total. The van der Waals surface area contributed by atoms with Crippen LogP contribution < -0.4 is 0 Å². The molecule has 0 amide bonds. The Morgan fingerprint density at radius 3 is 2.42 bits per heavy atom. The number of hydrogen-bond acceptors (Lipinski definition) is 4. The Labute approximate surface area is 164 Å². The molecule has 1 N–H and O–H groups in total. The maximum atomic E-state index is 14.9. The highest BCUT2D eigenvalue weighted by atomic mass is 32.2. The van der Waals surface area contributed by atoms with Gasteiger partial charge in [0.1, 0.15) is 11.9 Å². The van der Waals surface area contributed by atoms with Crippen molar-refractivity contribution < 1.29 is 9.50 Å². The molecule has 0 aliphatic carbocycles. The third kappa shape index (κ3) is 4.43. The molecule has 0 atom stereocenters. The van der Waals surface area contributed by atoms with Crippen molar-refractivity contribution in [2.75, 3.05) is 0 Å². The van der Waals surface area contributed by atoms with Gasteiger partial charge in [0.2, 0.25) is 0 Å². The van der Waals surface area contributed by atoms with Crippen LogP contribution in [0.2, 0.25) is 0 Å². The Bertz CT molecular complexity index is 841. The zero-order valence-electron chi connectivity index (χ0n) is 15.5. The molecule has 2 aromatic carbocycles. The van der Waals surface area contributed by atoms with Gasteiger partial charge >= 0.3 is 0 Å². The van der Waals surface area contributed by atoms with Crippen molar-refractivity contribution in [1.82, 2.24) is 0 Å². The minimum absolute atomic E-state index is 0.0199. The Morgan fingerprint density at radius 2 is 1.88 bits per heavy atom. The normalized spacial score (nSPS) is 11.2. The smallest absolute Gasteiger partial charge is 0.144 e. The highest BCUT2D eigenvalue weighted by Gasteiger charge is 2.22. The first kappa shape index (κ1) is 20.8. The molecule has 0 bridgehead atoms. The minimum atomic E-state index is -0.407. The van der Waals surface area contributed by atoms with E-state index in [1.54, 1.807) is 17.8 Å². The molecule has 2 rings (SSSR count). The number of thioether (sulfide) groups is 1. The van der Waals surface area contributed by atoms with Gasteiger partial charge in [-0.25, -0.2) is 4.39 Å². The molecule has 0 aliphatic rings. The maximum Gasteiger partial charge on any atom is 0.144 e. The molecular weight excluding hydrogens is 365 g/mol. The highest BCUT2D eigenvalue weighted by Crippen LogP contribution is 2.37. The third-order valence-corrected chi connectivity index (χ3v) is 5.77. The van der Waals surface area contributed by atoms with E-state index in [1.165, 1.54) is 0 Å². The summed E-state index contributed by atoms with van der Waals surface area (Å²) in [6.45, 7) is 7.95. The van der Waals surface area contributed by atoms with Gasteiger partial charge in [-0.05, 0) is 58.4 Å². The average Bonchev–Trinajstić information content (AvgIpc) is 2.59. The van der Waals surface area contributed by atoms with Crippen molar-refractivity contribution in [3.05, 3.63) is 57.9 Å². The first-order valence-corrected chi connectivity index (χ1v) is 10.0. The number of aliphatic hydroxyl groups excluding tert-OH is 1. The lowest BCUT2D eigenvalue weighted by atomic mass is 9.87. The van der Waals surface area contributed by atoms with Gasteiger partial charge in [-0.2, -0.15) is 5.26 Å². The molecule has 138 valence electrons. The molecule has 26 heavy (non-hydrogen) atoms. The molecule has 0 radical (unpaired) electrons. The van der Waals surface area contributed by atoms with E-state index < -0.39 is 5.82 Å². The summed E-state index contributed by atoms with van der Waals surface area (Å²) >= 11 is 5.89. The van der Waals surface area contributed by atoms with Crippen LogP contribution in [0.4, 0.5) is 4.39 Å². The molecule has 0 saturated heterocycles. The monoisotopic (exact) mass is 389 g/mol. The van der Waals surface area contributed by atoms with Gasteiger partial charge in [-0.1, -0.05) is 27.7 Å². The van der Waals surface area contributed by atoms with Gasteiger partial charge in [0.05, 0.1) is 12.2 Å². The minimum Gasteiger partial charge on any atom is -0.392 e. The van der Waals surface area contributed by atoms with Crippen LogP contribution in [0.15, 0.2) is 34.1 Å². The molecule has 2 aromatic rings. The predicted octanol–water partition coefficient (Wildman–Crippen LogP) is 6.02. The summed E-state index contributed by atoms with van der Waals surface area (Å²) < 4.78 is 14.9. The molecule has 0 unspecified atom stereocenters. The molecule has 0 saturated carbocycles. The fourth-order valence-corrected chi connectivity index (χ4v) is 4.40. The molecule has 0 aromatic heterocycles. The predicted molar refractivity (Wildman–Crippen MR) is 108 cm³/mol. The zero-order chi connectivity index (χ0) is 19.4. The first-order chi connectivity index (χ1) is 12.3. The Morgan fingerprint density at radius 1 is 1.19 bits per heavy atom. The van der Waals surface area contributed by atoms with E-state index in [1.807, 2.05) is 38.1 Å². The Hall–Kier alpha value is -1.48. The number of nitriles is 1. The molecule has 0 heterocycles. The van der Waals surface area contributed by atoms with Gasteiger partial charge < -0.3 is 5.11 Å². The number of thiol groups is 1. The fourth-order valence-electron chi connectivity index (χ4n) is 3.08. The van der Waals surface area contributed by atoms with E-state index in [4.69, 9.17) is 0 Å². The standard InChI is InChI=1S/C21H24FNOS2/c1-12(2)17-8-14(9-23)21(22)20(13(3)4)18(17)11-26-19-6-5-16(25)7-15(19)10-24/h5-8,12-13,24-25H,10-11H2,1-4H3. The second-order valence-electron chi connectivity index (χ2n) is 6.88. The van der Waals surface area contributed by atoms with Crippen LogP contribution in [0.25, 0.3) is 0 Å². The summed E-state index contributed by atoms with van der Waals surface area (Å²) in [5.74, 6) is 0.347. The number of rotatable bonds is 6. The van der Waals surface area contributed by atoms with Crippen molar-refractivity contribution in [3.63, 3.8) is 0 Å². The number of hydrogen-bond donors (Lipinski definition) is 2. The number of benzene rings is 2. The SMILES string of the molecule is CC(C)c1cc(C#N)c(F)c(C(C)C)c1CSc1ccc(S)cc1CO. The maximum absolute atomic E-state index is 14.9. The molecular formula is C21H24FNOS2. The molecule has 0 fully saturated rings. The van der Waals surface area contributed by atoms with Crippen LogP contribution in [0.3, 0.4) is 0 Å². The summed E-state index contributed by atoms with van der Waals surface area (Å²) in [5.41, 5.74) is 3.51. The van der Waals surface area contributed by atoms with E-state index in [0.29, 0.717) is 11.3 Å². The molecule has 0 spiro atoms. The van der Waals surface area contributed by atoms with Gasteiger partial charge in [-0.15, -0.1) is 24.4 Å². The van der Waals surface area contributed by atoms with Crippen LogP contribution >= 0.6 is 24.4 Å². The van der Waals surface area contributed by atoms with Gasteiger partial charge in [0.15, 0.2) is 0 Å². The topological polar surface area (TPSA) is 44.0 Å². The molecule has 5 heteroatoms. The van der Waals surface area contributed by atoms with Gasteiger partial charge in [0, 0.05) is 15.5 Å². The lowest BCUT2D eigenvalue weighted by molar-refractivity contribution is 0.278. The number of halogens is 1. The van der Waals surface area contributed by atoms with Crippen LogP contribution in [0.1, 0.15) is 67.3 Å². The summed E-state index contributed by atoms with van der Waals surface area (Å²) in [6, 6.07) is 9.34. The summed E-state index contributed by atoms with van der Waals surface area (Å²) in [5, 5.41) is 18.9. The van der Waals surface area contributed by atoms with Crippen LogP contribution in [0, 0.1) is 17.1 Å². The van der Waals surface area contributed by atoms with E-state index in [9.17, 15) is 14.8 Å². The Kier molecular flexibility index (Phi) is 7.16. The second-order valence-corrected chi connectivity index (χ2v) is 8.41. The van der Waals surface area contributed by atoms with Crippen LogP contribution in [0.5, 0.6) is 0 Å². The van der Waals surface area contributed by atoms with Crippen molar-refractivity contribution >= 4 is 24.4 Å². The van der Waals surface area contributed by atoms with Crippen molar-refractivity contribution in [1.29, 1.82) is 5.26 Å². The quantitative estimate of drug-likeness (QED) is 0.469. The van der Waals surface area contributed by atoms with E-state index >= 15 is 0 Å². The fraction of sp³-hybridized carbons (Fsp3) is 0.381. The summed E-state index contributed by atoms with van der Waals surface area (Å²) in [7, 11) is 0. The van der Waals surface area contributed by atoms with Crippen molar-refractivity contribution in [2.45, 2.75) is 61.7 Å². The first-order valence-electron chi connectivity index (χ1n) is 8.60. The average molecular weight is 390 g/mol. The van der Waals surface area contributed by atoms with Crippen molar-refractivity contribution in [2.24, 2.45) is 0 Å². The van der Waals surface area contributed by atoms with E-state index in [2.05, 4.69) is 26.5 Å². The highest BCUT2D eigenvalue weighted by molar-refractivity contribution is 7.98. The lowest BCUT2D eigenvalue weighted by Crippen LogP contribution is -2.08. The molecule has 0 aliphatic heterocycles. The van der Waals surface area contributed by atoms with Crippen LogP contribution in [-0.2, 0) is 12.4 Å². The third-order valence-electron chi connectivity index (χ3n) is 4.35. The van der Waals surface area contributed by atoms with Crippen LogP contribution in [-0.4, -0.2) is 5.11 Å². The number of nitrogens with zero attached hydrogens (tertiary/aromatic N) is 1. The Balaban J connectivity index is 2.51. The van der Waals surface area contributed by atoms with Gasteiger partial charge in [-0.3, -0.25) is 0 Å². The zero-order valence-corrected chi connectivity index (χ0v) is 17.2. The van der Waals surface area contributed by atoms with Gasteiger partial charge in [0.25, 0.3) is 0 Å². The summed E-state index contributed by atoms with van der Waals surface area (Å²) in [6.07, 6.45) is 0.